The van der Waals surface area contributed by atoms with E-state index in [4.69, 9.17) is 4.98 Å². The fourth-order valence-corrected chi connectivity index (χ4v) is 4.21. The van der Waals surface area contributed by atoms with Crippen LogP contribution in [0.4, 0.5) is 10.3 Å². The van der Waals surface area contributed by atoms with Crippen molar-refractivity contribution < 1.29 is 4.39 Å². The number of hydrogen-bond acceptors (Lipinski definition) is 2. The van der Waals surface area contributed by atoms with Crippen molar-refractivity contribution in [2.24, 2.45) is 0 Å². The van der Waals surface area contributed by atoms with Gasteiger partial charge in [-0.1, -0.05) is 46.3 Å². The van der Waals surface area contributed by atoms with Gasteiger partial charge in [0.2, 0.25) is 5.95 Å². The molecule has 1 atom stereocenters. The monoisotopic (exact) mass is 497 g/mol. The van der Waals surface area contributed by atoms with Crippen molar-refractivity contribution in [2.75, 3.05) is 5.32 Å². The average Bonchev–Trinajstić information content (AvgIpc) is 3.08. The van der Waals surface area contributed by atoms with E-state index in [9.17, 15) is 4.39 Å². The number of imidazole rings is 1. The zero-order valence-electron chi connectivity index (χ0n) is 14.5. The number of fused-ring (bicyclic) bond motifs is 3. The molecule has 3 aromatic carbocycles. The number of anilines is 1. The summed E-state index contributed by atoms with van der Waals surface area (Å²) in [6, 6.07) is 21.2. The molecule has 5 rings (SSSR count). The minimum absolute atomic E-state index is 0.112. The Morgan fingerprint density at radius 1 is 0.964 bits per heavy atom. The number of benzene rings is 3. The molecule has 0 bridgehead atoms. The summed E-state index contributed by atoms with van der Waals surface area (Å²) in [4.78, 5) is 4.78. The Balaban J connectivity index is 1.72. The molecule has 1 N–H and O–H groups in total. The lowest BCUT2D eigenvalue weighted by Gasteiger charge is -2.27. The lowest BCUT2D eigenvalue weighted by molar-refractivity contribution is 0.618. The minimum Gasteiger partial charge on any atom is -0.325 e. The van der Waals surface area contributed by atoms with E-state index in [0.717, 1.165) is 38.3 Å². The fourth-order valence-electron chi connectivity index (χ4n) is 3.55. The van der Waals surface area contributed by atoms with Crippen molar-refractivity contribution in [1.29, 1.82) is 0 Å². The third kappa shape index (κ3) is 2.97. The molecule has 4 aromatic rings. The number of aromatic nitrogens is 2. The summed E-state index contributed by atoms with van der Waals surface area (Å²) in [6.07, 6.45) is 2.16. The molecule has 3 nitrogen and oxygen atoms in total. The van der Waals surface area contributed by atoms with E-state index in [1.807, 2.05) is 42.5 Å². The van der Waals surface area contributed by atoms with Crippen LogP contribution in [0, 0.1) is 5.82 Å². The van der Waals surface area contributed by atoms with Crippen LogP contribution < -0.4 is 5.32 Å². The van der Waals surface area contributed by atoms with Gasteiger partial charge in [-0.3, -0.25) is 4.57 Å². The first-order valence-electron chi connectivity index (χ1n) is 8.77. The smallest absolute Gasteiger partial charge is 0.209 e. The van der Waals surface area contributed by atoms with Gasteiger partial charge >= 0.3 is 0 Å². The van der Waals surface area contributed by atoms with E-state index in [1.165, 1.54) is 6.07 Å². The van der Waals surface area contributed by atoms with Crippen LogP contribution in [-0.2, 0) is 0 Å². The molecule has 0 fully saturated rings. The van der Waals surface area contributed by atoms with Crippen LogP contribution in [0.2, 0.25) is 0 Å². The molecule has 0 saturated carbocycles. The van der Waals surface area contributed by atoms with Crippen molar-refractivity contribution in [3.05, 3.63) is 98.7 Å². The summed E-state index contributed by atoms with van der Waals surface area (Å²) in [7, 11) is 0. The summed E-state index contributed by atoms with van der Waals surface area (Å²) in [5.41, 5.74) is 4.96. The van der Waals surface area contributed by atoms with Crippen LogP contribution in [0.15, 0.2) is 81.8 Å². The first-order chi connectivity index (χ1) is 13.6. The van der Waals surface area contributed by atoms with E-state index in [0.29, 0.717) is 4.47 Å². The van der Waals surface area contributed by atoms with Gasteiger partial charge in [-0.15, -0.1) is 0 Å². The predicted molar refractivity (Wildman–Crippen MR) is 118 cm³/mol. The van der Waals surface area contributed by atoms with E-state index in [1.54, 1.807) is 0 Å². The molecule has 1 unspecified atom stereocenters. The maximum absolute atomic E-state index is 13.8. The normalized spacial score (nSPS) is 15.8. The molecule has 0 radical (unpaired) electrons. The van der Waals surface area contributed by atoms with E-state index in [-0.39, 0.29) is 11.9 Å². The van der Waals surface area contributed by atoms with Gasteiger partial charge in [-0.25, -0.2) is 9.37 Å². The van der Waals surface area contributed by atoms with Gasteiger partial charge in [-0.05, 0) is 69.5 Å². The second-order valence-corrected chi connectivity index (χ2v) is 8.39. The van der Waals surface area contributed by atoms with Gasteiger partial charge in [0, 0.05) is 10.2 Å². The Kier molecular flexibility index (Phi) is 4.33. The van der Waals surface area contributed by atoms with Crippen LogP contribution in [0.25, 0.3) is 16.7 Å². The SMILES string of the molecule is Fc1ccc(C2C=C(c3ccc(Br)cc3)Nc3nc4ccccc4n32)cc1Br. The van der Waals surface area contributed by atoms with Crippen LogP contribution in [0.5, 0.6) is 0 Å². The largest absolute Gasteiger partial charge is 0.325 e. The second-order valence-electron chi connectivity index (χ2n) is 6.62. The van der Waals surface area contributed by atoms with Gasteiger partial charge in [0.05, 0.1) is 21.5 Å². The van der Waals surface area contributed by atoms with Crippen LogP contribution in [-0.4, -0.2) is 9.55 Å². The van der Waals surface area contributed by atoms with Crippen molar-refractivity contribution in [1.82, 2.24) is 9.55 Å². The van der Waals surface area contributed by atoms with E-state index in [2.05, 4.69) is 66.0 Å². The summed E-state index contributed by atoms with van der Waals surface area (Å²) >= 11 is 6.80. The first-order valence-corrected chi connectivity index (χ1v) is 10.4. The molecule has 1 aliphatic heterocycles. The molecule has 1 aromatic heterocycles. The summed E-state index contributed by atoms with van der Waals surface area (Å²) in [6.45, 7) is 0. The van der Waals surface area contributed by atoms with E-state index < -0.39 is 0 Å². The van der Waals surface area contributed by atoms with Crippen LogP contribution in [0.1, 0.15) is 17.2 Å². The van der Waals surface area contributed by atoms with Gasteiger partial charge < -0.3 is 5.32 Å². The highest BCUT2D eigenvalue weighted by molar-refractivity contribution is 9.10. The summed E-state index contributed by atoms with van der Waals surface area (Å²) < 4.78 is 17.5. The van der Waals surface area contributed by atoms with Crippen molar-refractivity contribution >= 4 is 54.5 Å². The Hall–Kier alpha value is -2.44. The van der Waals surface area contributed by atoms with Gasteiger partial charge in [0.25, 0.3) is 0 Å². The number of allylic oxidation sites excluding steroid dienone is 1. The zero-order valence-corrected chi connectivity index (χ0v) is 17.7. The number of halogens is 3. The maximum atomic E-state index is 13.8. The maximum Gasteiger partial charge on any atom is 0.209 e. The Morgan fingerprint density at radius 2 is 1.75 bits per heavy atom. The fraction of sp³-hybridized carbons (Fsp3) is 0.0455. The average molecular weight is 499 g/mol. The second kappa shape index (κ2) is 6.87. The highest BCUT2D eigenvalue weighted by atomic mass is 79.9. The highest BCUT2D eigenvalue weighted by Gasteiger charge is 2.25. The number of nitrogens with one attached hydrogen (secondary N) is 1. The molecule has 0 spiro atoms. The Bertz CT molecular complexity index is 1230. The molecular formula is C22H14Br2FN3. The standard InChI is InChI=1S/C22H14Br2FN3/c23-15-8-5-13(6-9-15)19-12-21(14-7-10-17(25)16(24)11-14)28-20-4-2-1-3-18(20)26-22(28)27-19/h1-12,21H,(H,26,27). The van der Waals surface area contributed by atoms with Crippen molar-refractivity contribution in [2.45, 2.75) is 6.04 Å². The third-order valence-electron chi connectivity index (χ3n) is 4.89. The molecular weight excluding hydrogens is 485 g/mol. The molecule has 6 heteroatoms. The summed E-state index contributed by atoms with van der Waals surface area (Å²) in [5.74, 6) is 0.498. The molecule has 2 heterocycles. The van der Waals surface area contributed by atoms with Crippen molar-refractivity contribution in [3.63, 3.8) is 0 Å². The van der Waals surface area contributed by atoms with Crippen LogP contribution in [0.3, 0.4) is 0 Å². The lowest BCUT2D eigenvalue weighted by Crippen LogP contribution is -2.19. The van der Waals surface area contributed by atoms with Gasteiger partial charge in [0.15, 0.2) is 0 Å². The third-order valence-corrected chi connectivity index (χ3v) is 6.02. The topological polar surface area (TPSA) is 29.9 Å². The molecule has 28 heavy (non-hydrogen) atoms. The number of rotatable bonds is 2. The Morgan fingerprint density at radius 3 is 2.54 bits per heavy atom. The van der Waals surface area contributed by atoms with Gasteiger partial charge in [0.1, 0.15) is 5.82 Å². The highest BCUT2D eigenvalue weighted by Crippen LogP contribution is 2.37. The van der Waals surface area contributed by atoms with Gasteiger partial charge in [-0.2, -0.15) is 0 Å². The summed E-state index contributed by atoms with van der Waals surface area (Å²) in [5, 5.41) is 3.46. The number of nitrogens with zero attached hydrogens (tertiary/aromatic N) is 2. The number of hydrogen-bond donors (Lipinski definition) is 1. The first kappa shape index (κ1) is 17.6. The Labute approximate surface area is 178 Å². The lowest BCUT2D eigenvalue weighted by atomic mass is 10.0. The van der Waals surface area contributed by atoms with Crippen LogP contribution >= 0.6 is 31.9 Å². The number of para-hydroxylation sites is 2. The molecule has 138 valence electrons. The minimum atomic E-state index is -0.273. The molecule has 0 aliphatic carbocycles. The molecule has 0 saturated heterocycles. The molecule has 0 amide bonds. The van der Waals surface area contributed by atoms with Crippen molar-refractivity contribution in [3.8, 4) is 0 Å². The quantitative estimate of drug-likeness (QED) is 0.331. The zero-order chi connectivity index (χ0) is 19.3. The predicted octanol–water partition coefficient (Wildman–Crippen LogP) is 6.76. The van der Waals surface area contributed by atoms with E-state index >= 15 is 0 Å². The molecule has 1 aliphatic rings.